The van der Waals surface area contributed by atoms with Gasteiger partial charge >= 0.3 is 0 Å². The van der Waals surface area contributed by atoms with Gasteiger partial charge in [-0.25, -0.2) is 8.42 Å². The van der Waals surface area contributed by atoms with Gasteiger partial charge in [0, 0.05) is 6.04 Å². The van der Waals surface area contributed by atoms with Crippen LogP contribution in [0.3, 0.4) is 0 Å². The van der Waals surface area contributed by atoms with E-state index in [2.05, 4.69) is 10.6 Å². The molecule has 19 heavy (non-hydrogen) atoms. The summed E-state index contributed by atoms with van der Waals surface area (Å²) in [5, 5.41) is 5.60. The molecule has 1 aromatic rings. The second kappa shape index (κ2) is 6.68. The van der Waals surface area contributed by atoms with Gasteiger partial charge in [0.2, 0.25) is 5.91 Å². The summed E-state index contributed by atoms with van der Waals surface area (Å²) in [6, 6.07) is 6.63. The lowest BCUT2D eigenvalue weighted by molar-refractivity contribution is -0.115. The Bertz CT molecular complexity index is 539. The summed E-state index contributed by atoms with van der Waals surface area (Å²) in [6.45, 7) is 5.60. The molecular weight excluding hydrogens is 264 g/mol. The third kappa shape index (κ3) is 4.65. The van der Waals surface area contributed by atoms with Crippen LogP contribution < -0.4 is 10.6 Å². The zero-order valence-electron chi connectivity index (χ0n) is 11.4. The van der Waals surface area contributed by atoms with Gasteiger partial charge in [0.15, 0.2) is 9.84 Å². The molecule has 0 bridgehead atoms. The molecule has 6 heteroatoms. The molecule has 0 unspecified atom stereocenters. The van der Waals surface area contributed by atoms with Gasteiger partial charge in [0.25, 0.3) is 0 Å². The molecular formula is C13H20N2O3S. The van der Waals surface area contributed by atoms with Crippen LogP contribution >= 0.6 is 0 Å². The molecule has 0 aromatic heterocycles. The van der Waals surface area contributed by atoms with E-state index in [0.29, 0.717) is 5.69 Å². The molecule has 1 rings (SSSR count). The molecule has 2 N–H and O–H groups in total. The Balaban J connectivity index is 2.88. The normalized spacial score (nSPS) is 11.6. The standard InChI is InChI=1S/C13H20N2O3S/c1-4-19(17,18)12-8-6-5-7-11(12)15-13(16)9-14-10(2)3/h5-8,10,14H,4,9H2,1-3H3,(H,15,16). The molecule has 0 radical (unpaired) electrons. The minimum absolute atomic E-state index is 0.00410. The number of amides is 1. The van der Waals surface area contributed by atoms with Crippen molar-refractivity contribution in [2.45, 2.75) is 31.7 Å². The fourth-order valence-electron chi connectivity index (χ4n) is 1.49. The minimum atomic E-state index is -3.34. The molecule has 0 fully saturated rings. The number of anilines is 1. The van der Waals surface area contributed by atoms with Crippen LogP contribution in [0.25, 0.3) is 0 Å². The Morgan fingerprint density at radius 2 is 1.89 bits per heavy atom. The lowest BCUT2D eigenvalue weighted by Gasteiger charge is -2.12. The van der Waals surface area contributed by atoms with Crippen LogP contribution in [-0.2, 0) is 14.6 Å². The highest BCUT2D eigenvalue weighted by Crippen LogP contribution is 2.21. The number of benzene rings is 1. The first kappa shape index (κ1) is 15.7. The van der Waals surface area contributed by atoms with Gasteiger partial charge in [-0.2, -0.15) is 0 Å². The molecule has 106 valence electrons. The van der Waals surface area contributed by atoms with E-state index in [1.807, 2.05) is 13.8 Å². The van der Waals surface area contributed by atoms with Crippen LogP contribution in [0.1, 0.15) is 20.8 Å². The maximum absolute atomic E-state index is 11.9. The predicted molar refractivity (Wildman–Crippen MR) is 75.9 cm³/mol. The number of carbonyl (C=O) groups excluding carboxylic acids is 1. The summed E-state index contributed by atoms with van der Waals surface area (Å²) in [7, 11) is -3.34. The molecule has 0 spiro atoms. The monoisotopic (exact) mass is 284 g/mol. The van der Waals surface area contributed by atoms with E-state index in [0.717, 1.165) is 0 Å². The quantitative estimate of drug-likeness (QED) is 0.828. The number of para-hydroxylation sites is 1. The third-order valence-electron chi connectivity index (χ3n) is 2.55. The summed E-state index contributed by atoms with van der Waals surface area (Å²) < 4.78 is 23.8. The molecule has 0 heterocycles. The van der Waals surface area contributed by atoms with Crippen LogP contribution in [0.5, 0.6) is 0 Å². The SMILES string of the molecule is CCS(=O)(=O)c1ccccc1NC(=O)CNC(C)C. The van der Waals surface area contributed by atoms with E-state index in [4.69, 9.17) is 0 Å². The van der Waals surface area contributed by atoms with Crippen molar-refractivity contribution in [2.75, 3.05) is 17.6 Å². The van der Waals surface area contributed by atoms with Crippen molar-refractivity contribution in [3.8, 4) is 0 Å². The van der Waals surface area contributed by atoms with Crippen molar-refractivity contribution >= 4 is 21.4 Å². The number of sulfone groups is 1. The summed E-state index contributed by atoms with van der Waals surface area (Å²) >= 11 is 0. The van der Waals surface area contributed by atoms with E-state index < -0.39 is 9.84 Å². The lowest BCUT2D eigenvalue weighted by atomic mass is 10.3. The van der Waals surface area contributed by atoms with E-state index in [1.165, 1.54) is 6.07 Å². The van der Waals surface area contributed by atoms with E-state index >= 15 is 0 Å². The topological polar surface area (TPSA) is 75.3 Å². The van der Waals surface area contributed by atoms with Gasteiger partial charge in [-0.05, 0) is 12.1 Å². The number of hydrogen-bond donors (Lipinski definition) is 2. The Morgan fingerprint density at radius 1 is 1.26 bits per heavy atom. The second-order valence-electron chi connectivity index (χ2n) is 4.48. The molecule has 0 aliphatic heterocycles. The zero-order valence-corrected chi connectivity index (χ0v) is 12.3. The molecule has 0 aliphatic rings. The Kier molecular flexibility index (Phi) is 5.50. The molecule has 0 saturated heterocycles. The van der Waals surface area contributed by atoms with Crippen LogP contribution in [0, 0.1) is 0 Å². The van der Waals surface area contributed by atoms with E-state index in [1.54, 1.807) is 25.1 Å². The van der Waals surface area contributed by atoms with E-state index in [-0.39, 0.29) is 29.1 Å². The smallest absolute Gasteiger partial charge is 0.238 e. The zero-order chi connectivity index (χ0) is 14.5. The van der Waals surface area contributed by atoms with Crippen molar-refractivity contribution in [3.05, 3.63) is 24.3 Å². The highest BCUT2D eigenvalue weighted by atomic mass is 32.2. The Labute approximate surface area is 114 Å². The maximum atomic E-state index is 11.9. The van der Waals surface area contributed by atoms with Gasteiger partial charge in [-0.3, -0.25) is 4.79 Å². The Morgan fingerprint density at radius 3 is 2.47 bits per heavy atom. The van der Waals surface area contributed by atoms with Crippen LogP contribution in [0.15, 0.2) is 29.2 Å². The van der Waals surface area contributed by atoms with Crippen molar-refractivity contribution < 1.29 is 13.2 Å². The third-order valence-corrected chi connectivity index (χ3v) is 4.33. The van der Waals surface area contributed by atoms with Gasteiger partial charge in [-0.1, -0.05) is 32.9 Å². The highest BCUT2D eigenvalue weighted by Gasteiger charge is 2.17. The first-order valence-electron chi connectivity index (χ1n) is 6.22. The first-order chi connectivity index (χ1) is 8.86. The van der Waals surface area contributed by atoms with Gasteiger partial charge in [0.1, 0.15) is 0 Å². The number of hydrogen-bond acceptors (Lipinski definition) is 4. The number of carbonyl (C=O) groups is 1. The maximum Gasteiger partial charge on any atom is 0.238 e. The number of rotatable bonds is 6. The molecule has 1 amide bonds. The number of nitrogens with one attached hydrogen (secondary N) is 2. The molecule has 1 aromatic carbocycles. The minimum Gasteiger partial charge on any atom is -0.324 e. The van der Waals surface area contributed by atoms with Crippen LogP contribution in [-0.4, -0.2) is 32.7 Å². The Hall–Kier alpha value is -1.40. The highest BCUT2D eigenvalue weighted by molar-refractivity contribution is 7.91. The van der Waals surface area contributed by atoms with Crippen molar-refractivity contribution in [2.24, 2.45) is 0 Å². The summed E-state index contributed by atoms with van der Waals surface area (Å²) in [5.41, 5.74) is 0.333. The largest absolute Gasteiger partial charge is 0.324 e. The summed E-state index contributed by atoms with van der Waals surface area (Å²) in [4.78, 5) is 11.9. The molecule has 0 atom stereocenters. The molecule has 0 saturated carbocycles. The fraction of sp³-hybridized carbons (Fsp3) is 0.462. The molecule has 0 aliphatic carbocycles. The average Bonchev–Trinajstić information content (AvgIpc) is 2.37. The first-order valence-corrected chi connectivity index (χ1v) is 7.87. The fourth-order valence-corrected chi connectivity index (χ4v) is 2.54. The second-order valence-corrected chi connectivity index (χ2v) is 6.73. The van der Waals surface area contributed by atoms with Crippen LogP contribution in [0.2, 0.25) is 0 Å². The van der Waals surface area contributed by atoms with Gasteiger partial charge in [0.05, 0.1) is 22.9 Å². The van der Waals surface area contributed by atoms with Crippen LogP contribution in [0.4, 0.5) is 5.69 Å². The van der Waals surface area contributed by atoms with Gasteiger partial charge < -0.3 is 10.6 Å². The van der Waals surface area contributed by atoms with Crippen molar-refractivity contribution in [1.29, 1.82) is 0 Å². The van der Waals surface area contributed by atoms with Crippen molar-refractivity contribution in [3.63, 3.8) is 0 Å². The van der Waals surface area contributed by atoms with E-state index in [9.17, 15) is 13.2 Å². The average molecular weight is 284 g/mol. The molecule has 5 nitrogen and oxygen atoms in total. The predicted octanol–water partition coefficient (Wildman–Crippen LogP) is 1.42. The summed E-state index contributed by atoms with van der Waals surface area (Å²) in [6.07, 6.45) is 0. The lowest BCUT2D eigenvalue weighted by Crippen LogP contribution is -2.32. The summed E-state index contributed by atoms with van der Waals surface area (Å²) in [5.74, 6) is -0.253. The van der Waals surface area contributed by atoms with Gasteiger partial charge in [-0.15, -0.1) is 0 Å². The van der Waals surface area contributed by atoms with Crippen molar-refractivity contribution in [1.82, 2.24) is 5.32 Å².